The second-order valence-electron chi connectivity index (χ2n) is 6.31. The standard InChI is InChI=1S/C17H24O/c1-13-9-11-14(12-10-13)16(18)17(2,3)15-7-5-4-6-8-15/h4-8,13-14H,9-12H2,1-3H3. The third-order valence-electron chi connectivity index (χ3n) is 4.50. The molecule has 0 atom stereocenters. The van der Waals surface area contributed by atoms with Crippen LogP contribution in [0.2, 0.25) is 0 Å². The van der Waals surface area contributed by atoms with Gasteiger partial charge in [-0.25, -0.2) is 0 Å². The van der Waals surface area contributed by atoms with Crippen molar-refractivity contribution < 1.29 is 4.79 Å². The highest BCUT2D eigenvalue weighted by Gasteiger charge is 2.36. The van der Waals surface area contributed by atoms with Gasteiger partial charge in [-0.2, -0.15) is 0 Å². The summed E-state index contributed by atoms with van der Waals surface area (Å²) in [6.07, 6.45) is 4.58. The molecule has 2 rings (SSSR count). The summed E-state index contributed by atoms with van der Waals surface area (Å²) in [5.74, 6) is 1.51. The van der Waals surface area contributed by atoms with Crippen LogP contribution in [0.5, 0.6) is 0 Å². The molecule has 0 aromatic heterocycles. The van der Waals surface area contributed by atoms with Crippen molar-refractivity contribution in [2.24, 2.45) is 11.8 Å². The Morgan fingerprint density at radius 3 is 2.17 bits per heavy atom. The SMILES string of the molecule is CC1CCC(C(=O)C(C)(C)c2ccccc2)CC1. The van der Waals surface area contributed by atoms with Crippen LogP contribution < -0.4 is 0 Å². The van der Waals surface area contributed by atoms with Gasteiger partial charge < -0.3 is 0 Å². The molecule has 0 unspecified atom stereocenters. The third kappa shape index (κ3) is 2.66. The molecule has 0 heterocycles. The molecule has 0 radical (unpaired) electrons. The first-order chi connectivity index (χ1) is 8.51. The van der Waals surface area contributed by atoms with E-state index < -0.39 is 0 Å². The minimum absolute atomic E-state index is 0.274. The normalized spacial score (nSPS) is 24.8. The Hall–Kier alpha value is -1.11. The van der Waals surface area contributed by atoms with Crippen LogP contribution in [0.1, 0.15) is 52.0 Å². The van der Waals surface area contributed by atoms with Crippen LogP contribution in [0, 0.1) is 11.8 Å². The zero-order chi connectivity index (χ0) is 13.2. The van der Waals surface area contributed by atoms with Crippen LogP contribution in [0.15, 0.2) is 30.3 Å². The fourth-order valence-electron chi connectivity index (χ4n) is 3.03. The zero-order valence-corrected chi connectivity index (χ0v) is 11.8. The van der Waals surface area contributed by atoms with Gasteiger partial charge in [-0.05, 0) is 38.2 Å². The monoisotopic (exact) mass is 244 g/mol. The lowest BCUT2D eigenvalue weighted by Crippen LogP contribution is -2.36. The van der Waals surface area contributed by atoms with E-state index in [1.807, 2.05) is 18.2 Å². The number of rotatable bonds is 3. The molecule has 0 spiro atoms. The van der Waals surface area contributed by atoms with Crippen molar-refractivity contribution in [1.82, 2.24) is 0 Å². The molecule has 1 aliphatic carbocycles. The van der Waals surface area contributed by atoms with Gasteiger partial charge in [0.25, 0.3) is 0 Å². The minimum Gasteiger partial charge on any atom is -0.298 e. The Kier molecular flexibility index (Phi) is 3.89. The molecule has 1 fully saturated rings. The Bertz CT molecular complexity index is 397. The van der Waals surface area contributed by atoms with Gasteiger partial charge in [0.05, 0.1) is 0 Å². The summed E-state index contributed by atoms with van der Waals surface area (Å²) >= 11 is 0. The summed E-state index contributed by atoms with van der Waals surface area (Å²) in [6.45, 7) is 6.44. The van der Waals surface area contributed by atoms with E-state index in [-0.39, 0.29) is 11.3 Å². The van der Waals surface area contributed by atoms with Gasteiger partial charge in [-0.3, -0.25) is 4.79 Å². The van der Waals surface area contributed by atoms with E-state index in [2.05, 4.69) is 32.9 Å². The highest BCUT2D eigenvalue weighted by atomic mass is 16.1. The number of ketones is 1. The van der Waals surface area contributed by atoms with Crippen LogP contribution in [0.4, 0.5) is 0 Å². The Morgan fingerprint density at radius 2 is 1.61 bits per heavy atom. The average molecular weight is 244 g/mol. The van der Waals surface area contributed by atoms with Crippen LogP contribution in [-0.4, -0.2) is 5.78 Å². The maximum Gasteiger partial charge on any atom is 0.145 e. The fourth-order valence-corrected chi connectivity index (χ4v) is 3.03. The summed E-state index contributed by atoms with van der Waals surface area (Å²) < 4.78 is 0. The molecule has 0 N–H and O–H groups in total. The molecule has 0 bridgehead atoms. The molecule has 18 heavy (non-hydrogen) atoms. The highest BCUT2D eigenvalue weighted by molar-refractivity contribution is 5.91. The topological polar surface area (TPSA) is 17.1 Å². The van der Waals surface area contributed by atoms with Crippen molar-refractivity contribution in [3.8, 4) is 0 Å². The van der Waals surface area contributed by atoms with E-state index in [1.165, 1.54) is 12.8 Å². The Balaban J connectivity index is 2.13. The van der Waals surface area contributed by atoms with E-state index in [1.54, 1.807) is 0 Å². The van der Waals surface area contributed by atoms with E-state index in [9.17, 15) is 4.79 Å². The molecule has 0 saturated heterocycles. The van der Waals surface area contributed by atoms with Crippen LogP contribution in [0.3, 0.4) is 0 Å². The first-order valence-corrected chi connectivity index (χ1v) is 7.11. The molecule has 1 aromatic carbocycles. The molecule has 1 aromatic rings. The molecular weight excluding hydrogens is 220 g/mol. The lowest BCUT2D eigenvalue weighted by atomic mass is 9.70. The highest BCUT2D eigenvalue weighted by Crippen LogP contribution is 2.35. The first kappa shape index (κ1) is 13.3. The number of Topliss-reactive ketones (excluding diaryl/α,β-unsaturated/α-hetero) is 1. The number of benzene rings is 1. The largest absolute Gasteiger partial charge is 0.298 e. The first-order valence-electron chi connectivity index (χ1n) is 7.11. The fraction of sp³-hybridized carbons (Fsp3) is 0.588. The summed E-state index contributed by atoms with van der Waals surface area (Å²) in [4.78, 5) is 12.7. The summed E-state index contributed by atoms with van der Waals surface area (Å²) in [5, 5.41) is 0. The van der Waals surface area contributed by atoms with Gasteiger partial charge in [0.2, 0.25) is 0 Å². The molecular formula is C17H24O. The van der Waals surface area contributed by atoms with Gasteiger partial charge >= 0.3 is 0 Å². The average Bonchev–Trinajstić information content (AvgIpc) is 2.40. The summed E-state index contributed by atoms with van der Waals surface area (Å²) in [7, 11) is 0. The van der Waals surface area contributed by atoms with Crippen LogP contribution in [0.25, 0.3) is 0 Å². The quantitative estimate of drug-likeness (QED) is 0.772. The van der Waals surface area contributed by atoms with Crippen molar-refractivity contribution in [3.05, 3.63) is 35.9 Å². The van der Waals surface area contributed by atoms with Crippen molar-refractivity contribution >= 4 is 5.78 Å². The minimum atomic E-state index is -0.341. The summed E-state index contributed by atoms with van der Waals surface area (Å²) in [6, 6.07) is 10.2. The Labute approximate surface area is 111 Å². The zero-order valence-electron chi connectivity index (χ0n) is 11.8. The third-order valence-corrected chi connectivity index (χ3v) is 4.50. The number of hydrogen-bond acceptors (Lipinski definition) is 1. The maximum atomic E-state index is 12.7. The predicted octanol–water partition coefficient (Wildman–Crippen LogP) is 4.36. The second-order valence-corrected chi connectivity index (χ2v) is 6.31. The number of carbonyl (C=O) groups is 1. The van der Waals surface area contributed by atoms with Crippen molar-refractivity contribution in [2.45, 2.75) is 51.9 Å². The van der Waals surface area contributed by atoms with Gasteiger partial charge in [-0.1, -0.05) is 50.1 Å². The number of carbonyl (C=O) groups excluding carboxylic acids is 1. The lowest BCUT2D eigenvalue weighted by Gasteiger charge is -2.32. The summed E-state index contributed by atoms with van der Waals surface area (Å²) in [5.41, 5.74) is 0.806. The van der Waals surface area contributed by atoms with Crippen LogP contribution >= 0.6 is 0 Å². The molecule has 1 aliphatic rings. The molecule has 1 heteroatoms. The van der Waals surface area contributed by atoms with Crippen molar-refractivity contribution in [3.63, 3.8) is 0 Å². The maximum absolute atomic E-state index is 12.7. The van der Waals surface area contributed by atoms with Gasteiger partial charge in [-0.15, -0.1) is 0 Å². The molecule has 98 valence electrons. The van der Waals surface area contributed by atoms with E-state index in [4.69, 9.17) is 0 Å². The molecule has 0 amide bonds. The van der Waals surface area contributed by atoms with Crippen molar-refractivity contribution in [2.75, 3.05) is 0 Å². The van der Waals surface area contributed by atoms with Crippen LogP contribution in [-0.2, 0) is 10.2 Å². The lowest BCUT2D eigenvalue weighted by molar-refractivity contribution is -0.128. The van der Waals surface area contributed by atoms with Crippen molar-refractivity contribution in [1.29, 1.82) is 0 Å². The van der Waals surface area contributed by atoms with E-state index in [0.29, 0.717) is 5.78 Å². The predicted molar refractivity (Wildman–Crippen MR) is 75.6 cm³/mol. The smallest absolute Gasteiger partial charge is 0.145 e. The molecule has 1 nitrogen and oxygen atoms in total. The van der Waals surface area contributed by atoms with E-state index in [0.717, 1.165) is 24.3 Å². The van der Waals surface area contributed by atoms with Gasteiger partial charge in [0.15, 0.2) is 0 Å². The van der Waals surface area contributed by atoms with Gasteiger partial charge in [0.1, 0.15) is 5.78 Å². The molecule has 1 saturated carbocycles. The van der Waals surface area contributed by atoms with E-state index >= 15 is 0 Å². The van der Waals surface area contributed by atoms with Gasteiger partial charge in [0, 0.05) is 11.3 Å². The Morgan fingerprint density at radius 1 is 1.06 bits per heavy atom. The molecule has 0 aliphatic heterocycles. The number of hydrogen-bond donors (Lipinski definition) is 0. The second kappa shape index (κ2) is 5.26.